The summed E-state index contributed by atoms with van der Waals surface area (Å²) < 4.78 is 11.7. The summed E-state index contributed by atoms with van der Waals surface area (Å²) in [6, 6.07) is 8.02. The number of carbonyl (C=O) groups is 1. The zero-order chi connectivity index (χ0) is 24.1. The second-order valence-electron chi connectivity index (χ2n) is 10.4. The van der Waals surface area contributed by atoms with E-state index in [1.807, 2.05) is 31.7 Å². The number of hydrogen-bond acceptors (Lipinski definition) is 7. The first-order chi connectivity index (χ1) is 16.3. The fourth-order valence-corrected chi connectivity index (χ4v) is 4.73. The standard InChI is InChI=1S/C26H35N5O3/c1-26(2,3)34-25(32)31-12-10-20(11-13-31)28-16-18-4-7-21(8-5-18)33-24-22-14-19(15-27)6-9-23(22)29-17-30-24/h6,9,14,17-18,20-21,28H,4-5,7-8,10-13,16H2,1-3H3. The lowest BCUT2D eigenvalue weighted by molar-refractivity contribution is 0.0197. The lowest BCUT2D eigenvalue weighted by Crippen LogP contribution is -2.47. The van der Waals surface area contributed by atoms with Crippen molar-refractivity contribution in [2.24, 2.45) is 5.92 Å². The van der Waals surface area contributed by atoms with Gasteiger partial charge in [0.1, 0.15) is 18.0 Å². The number of benzene rings is 1. The van der Waals surface area contributed by atoms with E-state index in [0.717, 1.165) is 69.1 Å². The summed E-state index contributed by atoms with van der Waals surface area (Å²) in [4.78, 5) is 22.7. The van der Waals surface area contributed by atoms with Crippen molar-refractivity contribution in [1.82, 2.24) is 20.2 Å². The van der Waals surface area contributed by atoms with Crippen LogP contribution in [0.4, 0.5) is 4.79 Å². The minimum Gasteiger partial charge on any atom is -0.474 e. The number of nitrogens with one attached hydrogen (secondary N) is 1. The van der Waals surface area contributed by atoms with Gasteiger partial charge in [-0.05, 0) is 90.0 Å². The van der Waals surface area contributed by atoms with Gasteiger partial charge >= 0.3 is 6.09 Å². The third-order valence-electron chi connectivity index (χ3n) is 6.64. The Morgan fingerprint density at radius 3 is 2.56 bits per heavy atom. The average Bonchev–Trinajstić information content (AvgIpc) is 2.83. The van der Waals surface area contributed by atoms with Gasteiger partial charge in [-0.3, -0.25) is 0 Å². The van der Waals surface area contributed by atoms with Crippen molar-refractivity contribution >= 4 is 17.0 Å². The first-order valence-electron chi connectivity index (χ1n) is 12.3. The topological polar surface area (TPSA) is 100 Å². The van der Waals surface area contributed by atoms with Crippen molar-refractivity contribution in [2.45, 2.75) is 77.0 Å². The Bertz CT molecular complexity index is 1030. The molecule has 8 heteroatoms. The number of aromatic nitrogens is 2. The summed E-state index contributed by atoms with van der Waals surface area (Å²) in [6.07, 6.45) is 7.59. The summed E-state index contributed by atoms with van der Waals surface area (Å²) in [5.74, 6) is 1.21. The zero-order valence-corrected chi connectivity index (χ0v) is 20.4. The minimum atomic E-state index is -0.450. The Hall–Kier alpha value is -2.92. The number of fused-ring (bicyclic) bond motifs is 1. The third-order valence-corrected chi connectivity index (χ3v) is 6.64. The summed E-state index contributed by atoms with van der Waals surface area (Å²) in [5, 5.41) is 13.7. The van der Waals surface area contributed by atoms with E-state index in [0.29, 0.717) is 23.4 Å². The Morgan fingerprint density at radius 2 is 1.88 bits per heavy atom. The van der Waals surface area contributed by atoms with Crippen LogP contribution in [0.25, 0.3) is 10.9 Å². The van der Waals surface area contributed by atoms with Crippen LogP contribution in [0.15, 0.2) is 24.5 Å². The van der Waals surface area contributed by atoms with Crippen LogP contribution < -0.4 is 10.1 Å². The first kappa shape index (κ1) is 24.2. The molecule has 1 saturated heterocycles. The van der Waals surface area contributed by atoms with Crippen molar-refractivity contribution in [2.75, 3.05) is 19.6 Å². The summed E-state index contributed by atoms with van der Waals surface area (Å²) in [7, 11) is 0. The number of nitrogens with zero attached hydrogens (tertiary/aromatic N) is 4. The van der Waals surface area contributed by atoms with Gasteiger partial charge in [0.25, 0.3) is 0 Å². The molecule has 1 aliphatic heterocycles. The lowest BCUT2D eigenvalue weighted by Gasteiger charge is -2.35. The zero-order valence-electron chi connectivity index (χ0n) is 20.4. The maximum absolute atomic E-state index is 12.2. The molecule has 2 aromatic rings. The fourth-order valence-electron chi connectivity index (χ4n) is 4.73. The Balaban J connectivity index is 1.20. The highest BCUT2D eigenvalue weighted by molar-refractivity contribution is 5.84. The molecule has 1 aromatic carbocycles. The molecule has 1 saturated carbocycles. The van der Waals surface area contributed by atoms with Crippen LogP contribution >= 0.6 is 0 Å². The molecule has 1 N–H and O–H groups in total. The van der Waals surface area contributed by atoms with Crippen LogP contribution in [-0.2, 0) is 4.74 Å². The molecule has 1 aliphatic carbocycles. The maximum atomic E-state index is 12.2. The van der Waals surface area contributed by atoms with Crippen LogP contribution in [0.2, 0.25) is 0 Å². The summed E-state index contributed by atoms with van der Waals surface area (Å²) in [5.41, 5.74) is 0.924. The predicted octanol–water partition coefficient (Wildman–Crippen LogP) is 4.43. The quantitative estimate of drug-likeness (QED) is 0.697. The molecule has 1 amide bonds. The van der Waals surface area contributed by atoms with Crippen molar-refractivity contribution in [3.63, 3.8) is 0 Å². The van der Waals surface area contributed by atoms with Crippen molar-refractivity contribution < 1.29 is 14.3 Å². The third kappa shape index (κ3) is 6.35. The summed E-state index contributed by atoms with van der Waals surface area (Å²) >= 11 is 0. The molecule has 4 rings (SSSR count). The number of amides is 1. The second-order valence-corrected chi connectivity index (χ2v) is 10.4. The van der Waals surface area contributed by atoms with Gasteiger partial charge in [0.2, 0.25) is 5.88 Å². The number of piperidine rings is 1. The van der Waals surface area contributed by atoms with E-state index in [2.05, 4.69) is 21.4 Å². The normalized spacial score (nSPS) is 21.8. The largest absolute Gasteiger partial charge is 0.474 e. The van der Waals surface area contributed by atoms with E-state index in [9.17, 15) is 10.1 Å². The van der Waals surface area contributed by atoms with Crippen LogP contribution in [0.3, 0.4) is 0 Å². The smallest absolute Gasteiger partial charge is 0.410 e. The maximum Gasteiger partial charge on any atom is 0.410 e. The Morgan fingerprint density at radius 1 is 1.15 bits per heavy atom. The van der Waals surface area contributed by atoms with Crippen LogP contribution in [0.5, 0.6) is 5.88 Å². The number of hydrogen-bond donors (Lipinski definition) is 1. The van der Waals surface area contributed by atoms with Crippen LogP contribution in [-0.4, -0.2) is 58.3 Å². The number of rotatable bonds is 5. The Labute approximate surface area is 201 Å². The molecule has 2 aliphatic rings. The average molecular weight is 466 g/mol. The van der Waals surface area contributed by atoms with E-state index in [1.54, 1.807) is 12.1 Å². The number of carbonyl (C=O) groups excluding carboxylic acids is 1. The minimum absolute atomic E-state index is 0.136. The van der Waals surface area contributed by atoms with Gasteiger partial charge in [0.05, 0.1) is 22.5 Å². The Kier molecular flexibility index (Phi) is 7.52. The predicted molar refractivity (Wildman–Crippen MR) is 129 cm³/mol. The van der Waals surface area contributed by atoms with E-state index in [-0.39, 0.29) is 12.2 Å². The number of likely N-dealkylation sites (tertiary alicyclic amines) is 1. The molecule has 2 fully saturated rings. The van der Waals surface area contributed by atoms with E-state index >= 15 is 0 Å². The number of ether oxygens (including phenoxy) is 2. The molecule has 182 valence electrons. The molecule has 0 atom stereocenters. The highest BCUT2D eigenvalue weighted by atomic mass is 16.6. The van der Waals surface area contributed by atoms with E-state index in [1.165, 1.54) is 6.33 Å². The second kappa shape index (κ2) is 10.6. The van der Waals surface area contributed by atoms with Gasteiger partial charge in [0, 0.05) is 19.1 Å². The van der Waals surface area contributed by atoms with Crippen LogP contribution in [0.1, 0.15) is 64.9 Å². The SMILES string of the molecule is CC(C)(C)OC(=O)N1CCC(NCC2CCC(Oc3ncnc4ccc(C#N)cc34)CC2)CC1. The van der Waals surface area contributed by atoms with Gasteiger partial charge in [-0.15, -0.1) is 0 Å². The highest BCUT2D eigenvalue weighted by Gasteiger charge is 2.28. The molecule has 0 radical (unpaired) electrons. The molecule has 1 aromatic heterocycles. The molecule has 0 unspecified atom stereocenters. The molecule has 2 heterocycles. The molecular formula is C26H35N5O3. The molecule has 0 spiro atoms. The molecule has 0 bridgehead atoms. The molecular weight excluding hydrogens is 430 g/mol. The fraction of sp³-hybridized carbons (Fsp3) is 0.615. The monoisotopic (exact) mass is 465 g/mol. The lowest BCUT2D eigenvalue weighted by atomic mass is 9.87. The van der Waals surface area contributed by atoms with Crippen LogP contribution in [0, 0.1) is 17.2 Å². The van der Waals surface area contributed by atoms with Gasteiger partial charge in [-0.25, -0.2) is 14.8 Å². The first-order valence-corrected chi connectivity index (χ1v) is 12.3. The van der Waals surface area contributed by atoms with Crippen molar-refractivity contribution in [3.05, 3.63) is 30.1 Å². The van der Waals surface area contributed by atoms with Crippen molar-refractivity contribution in [3.8, 4) is 11.9 Å². The van der Waals surface area contributed by atoms with Gasteiger partial charge in [-0.2, -0.15) is 5.26 Å². The molecule has 8 nitrogen and oxygen atoms in total. The summed E-state index contributed by atoms with van der Waals surface area (Å²) in [6.45, 7) is 8.20. The number of nitriles is 1. The van der Waals surface area contributed by atoms with Crippen molar-refractivity contribution in [1.29, 1.82) is 5.26 Å². The van der Waals surface area contributed by atoms with Gasteiger partial charge in [-0.1, -0.05) is 0 Å². The van der Waals surface area contributed by atoms with E-state index in [4.69, 9.17) is 9.47 Å². The van der Waals surface area contributed by atoms with E-state index < -0.39 is 5.60 Å². The molecule has 34 heavy (non-hydrogen) atoms. The van der Waals surface area contributed by atoms with Gasteiger partial charge in [0.15, 0.2) is 0 Å². The highest BCUT2D eigenvalue weighted by Crippen LogP contribution is 2.30. The van der Waals surface area contributed by atoms with Gasteiger partial charge < -0.3 is 19.7 Å².